The predicted octanol–water partition coefficient (Wildman–Crippen LogP) is 2.21. The molecule has 0 amide bonds. The number of hydrogen-bond acceptors (Lipinski definition) is 3. The highest BCUT2D eigenvalue weighted by molar-refractivity contribution is 7.99. The van der Waals surface area contributed by atoms with Crippen molar-refractivity contribution in [2.24, 2.45) is 0 Å². The van der Waals surface area contributed by atoms with E-state index in [9.17, 15) is 4.79 Å². The van der Waals surface area contributed by atoms with Crippen LogP contribution in [-0.4, -0.2) is 23.8 Å². The average Bonchev–Trinajstić information content (AvgIpc) is 2.16. The Hall–Kier alpha value is -0.553. The van der Waals surface area contributed by atoms with E-state index in [-0.39, 0.29) is 5.56 Å². The number of aromatic nitrogens is 2. The molecule has 0 radical (unpaired) electrons. The Morgan fingerprint density at radius 1 is 1.44 bits per heavy atom. The van der Waals surface area contributed by atoms with E-state index in [4.69, 9.17) is 0 Å². The third-order valence-electron chi connectivity index (χ3n) is 2.32. The summed E-state index contributed by atoms with van der Waals surface area (Å²) in [7, 11) is -1.55. The number of thioether (sulfide) groups is 1. The maximum Gasteiger partial charge on any atom is 0.250 e. The van der Waals surface area contributed by atoms with Crippen molar-refractivity contribution in [3.05, 3.63) is 16.6 Å². The number of hydrogen-bond donors (Lipinski definition) is 1. The molecule has 3 nitrogen and oxygen atoms in total. The van der Waals surface area contributed by atoms with Gasteiger partial charge in [0.2, 0.25) is 0 Å². The third-order valence-corrected chi connectivity index (χ3v) is 5.27. The van der Waals surface area contributed by atoms with Crippen molar-refractivity contribution in [3.63, 3.8) is 0 Å². The zero-order valence-electron chi connectivity index (χ0n) is 10.5. The van der Waals surface area contributed by atoms with Gasteiger partial charge in [-0.1, -0.05) is 44.7 Å². The molecular weight excluding hydrogens is 236 g/mol. The molecule has 0 saturated carbocycles. The lowest BCUT2D eigenvalue weighted by Crippen LogP contribution is -2.48. The Balaban J connectivity index is 2.80. The lowest BCUT2D eigenvalue weighted by Gasteiger charge is -2.14. The Morgan fingerprint density at radius 3 is 2.62 bits per heavy atom. The summed E-state index contributed by atoms with van der Waals surface area (Å²) in [5, 5.41) is 1.63. The quantitative estimate of drug-likeness (QED) is 0.380. The van der Waals surface area contributed by atoms with Crippen molar-refractivity contribution in [3.8, 4) is 0 Å². The molecule has 16 heavy (non-hydrogen) atoms. The predicted molar refractivity (Wildman–Crippen MR) is 73.5 cm³/mol. The van der Waals surface area contributed by atoms with Crippen molar-refractivity contribution in [2.75, 3.05) is 5.75 Å². The lowest BCUT2D eigenvalue weighted by atomic mass is 10.4. The second-order valence-electron chi connectivity index (χ2n) is 4.88. The maximum absolute atomic E-state index is 11.8. The van der Waals surface area contributed by atoms with Crippen molar-refractivity contribution < 1.29 is 0 Å². The Morgan fingerprint density at radius 2 is 2.12 bits per heavy atom. The normalized spacial score (nSPS) is 11.8. The molecule has 1 aromatic rings. The summed E-state index contributed by atoms with van der Waals surface area (Å²) in [6, 6.07) is 0. The fraction of sp³-hybridized carbons (Fsp3) is 0.636. The molecule has 5 heteroatoms. The van der Waals surface area contributed by atoms with Gasteiger partial charge in [0, 0.05) is 17.1 Å². The number of aromatic amines is 1. The minimum Gasteiger partial charge on any atom is -0.302 e. The van der Waals surface area contributed by atoms with Gasteiger partial charge < -0.3 is 4.98 Å². The largest absolute Gasteiger partial charge is 0.302 e. The van der Waals surface area contributed by atoms with Gasteiger partial charge in [-0.15, -0.1) is 0 Å². The molecule has 0 spiro atoms. The molecule has 1 rings (SSSR count). The van der Waals surface area contributed by atoms with Crippen molar-refractivity contribution >= 4 is 25.0 Å². The maximum atomic E-state index is 11.8. The van der Waals surface area contributed by atoms with Crippen LogP contribution < -0.4 is 10.7 Å². The summed E-state index contributed by atoms with van der Waals surface area (Å²) in [6.45, 7) is 8.63. The van der Waals surface area contributed by atoms with E-state index in [0.29, 0.717) is 0 Å². The molecule has 0 saturated heterocycles. The van der Waals surface area contributed by atoms with Crippen LogP contribution in [0.25, 0.3) is 0 Å². The highest BCUT2D eigenvalue weighted by Gasteiger charge is 2.20. The van der Waals surface area contributed by atoms with Gasteiger partial charge in [-0.3, -0.25) is 4.79 Å². The fourth-order valence-corrected chi connectivity index (χ4v) is 3.41. The molecule has 0 bridgehead atoms. The zero-order valence-corrected chi connectivity index (χ0v) is 12.3. The van der Waals surface area contributed by atoms with Crippen molar-refractivity contribution in [2.45, 2.75) is 44.6 Å². The van der Waals surface area contributed by atoms with Gasteiger partial charge in [0.15, 0.2) is 5.16 Å². The van der Waals surface area contributed by atoms with Crippen LogP contribution in [-0.2, 0) is 0 Å². The molecule has 0 aliphatic heterocycles. The first-order valence-electron chi connectivity index (χ1n) is 5.67. The van der Waals surface area contributed by atoms with Gasteiger partial charge >= 0.3 is 0 Å². The Bertz CT molecular complexity index is 398. The first-order valence-corrected chi connectivity index (χ1v) is 10.2. The van der Waals surface area contributed by atoms with Crippen LogP contribution in [0.15, 0.2) is 16.1 Å². The minimum atomic E-state index is -1.55. The summed E-state index contributed by atoms with van der Waals surface area (Å²) in [6.07, 6.45) is 4.09. The van der Waals surface area contributed by atoms with E-state index in [1.54, 1.807) is 18.0 Å². The monoisotopic (exact) mass is 256 g/mol. The van der Waals surface area contributed by atoms with E-state index in [1.807, 2.05) is 0 Å². The smallest absolute Gasteiger partial charge is 0.250 e. The van der Waals surface area contributed by atoms with Gasteiger partial charge in [0.25, 0.3) is 5.56 Å². The van der Waals surface area contributed by atoms with E-state index in [1.165, 1.54) is 6.42 Å². The molecule has 90 valence electrons. The Labute approximate surface area is 102 Å². The summed E-state index contributed by atoms with van der Waals surface area (Å²) in [5.41, 5.74) is 0.0492. The van der Waals surface area contributed by atoms with E-state index < -0.39 is 8.07 Å². The first-order chi connectivity index (χ1) is 7.45. The van der Waals surface area contributed by atoms with Crippen LogP contribution in [0.1, 0.15) is 19.8 Å². The summed E-state index contributed by atoms with van der Waals surface area (Å²) in [5.74, 6) is 1.02. The summed E-state index contributed by atoms with van der Waals surface area (Å²) < 4.78 is 0. The topological polar surface area (TPSA) is 45.8 Å². The van der Waals surface area contributed by atoms with E-state index in [0.717, 1.165) is 22.5 Å². The summed E-state index contributed by atoms with van der Waals surface area (Å²) in [4.78, 5) is 19.0. The minimum absolute atomic E-state index is 0.0492. The van der Waals surface area contributed by atoms with Gasteiger partial charge in [0.1, 0.15) is 0 Å². The first kappa shape index (κ1) is 13.5. The molecule has 1 heterocycles. The highest BCUT2D eigenvalue weighted by Crippen LogP contribution is 2.12. The van der Waals surface area contributed by atoms with Crippen LogP contribution in [0.3, 0.4) is 0 Å². The highest BCUT2D eigenvalue weighted by atomic mass is 32.2. The third kappa shape index (κ3) is 3.79. The van der Waals surface area contributed by atoms with Crippen molar-refractivity contribution in [1.82, 2.24) is 9.97 Å². The Kier molecular flexibility index (Phi) is 4.80. The molecule has 0 aliphatic rings. The number of nitrogens with one attached hydrogen (secondary N) is 1. The summed E-state index contributed by atoms with van der Waals surface area (Å²) >= 11 is 1.63. The van der Waals surface area contributed by atoms with Crippen LogP contribution in [0, 0.1) is 0 Å². The van der Waals surface area contributed by atoms with Gasteiger partial charge in [-0.25, -0.2) is 4.98 Å². The van der Waals surface area contributed by atoms with E-state index >= 15 is 0 Å². The molecule has 1 N–H and O–H groups in total. The number of H-pyrrole nitrogens is 1. The molecule has 0 aromatic carbocycles. The zero-order chi connectivity index (χ0) is 12.2. The van der Waals surface area contributed by atoms with Crippen LogP contribution in [0.4, 0.5) is 0 Å². The number of nitrogens with zero attached hydrogens (tertiary/aromatic N) is 1. The average molecular weight is 256 g/mol. The van der Waals surface area contributed by atoms with Gasteiger partial charge in [-0.2, -0.15) is 0 Å². The second kappa shape index (κ2) is 5.68. The van der Waals surface area contributed by atoms with Crippen LogP contribution in [0.5, 0.6) is 0 Å². The molecule has 0 unspecified atom stereocenters. The number of rotatable bonds is 5. The van der Waals surface area contributed by atoms with Crippen molar-refractivity contribution in [1.29, 1.82) is 0 Å². The molecule has 0 atom stereocenters. The molecule has 0 fully saturated rings. The lowest BCUT2D eigenvalue weighted by molar-refractivity contribution is 0.885. The van der Waals surface area contributed by atoms with Gasteiger partial charge in [0.05, 0.1) is 8.07 Å². The molecule has 1 aromatic heterocycles. The number of unbranched alkanes of at least 4 members (excludes halogenated alkanes) is 1. The van der Waals surface area contributed by atoms with Crippen LogP contribution >= 0.6 is 11.8 Å². The molecule has 0 aliphatic carbocycles. The molecular formula is C11H20N2OSSi. The standard InChI is InChI=1S/C11H20N2OSSi/c1-5-6-7-15-11-12-8-9(10(14)13-11)16(2,3)4/h8H,5-7H2,1-4H3,(H,12,13,14). The van der Waals surface area contributed by atoms with E-state index in [2.05, 4.69) is 36.5 Å². The fourth-order valence-electron chi connectivity index (χ4n) is 1.30. The SMILES string of the molecule is CCCCSc1ncc([Si](C)(C)C)c(=O)[nH]1. The van der Waals surface area contributed by atoms with Gasteiger partial charge in [-0.05, 0) is 6.42 Å². The van der Waals surface area contributed by atoms with Crippen LogP contribution in [0.2, 0.25) is 19.6 Å². The second-order valence-corrected chi connectivity index (χ2v) is 11.0.